The average molecular weight is 330 g/mol. The van der Waals surface area contributed by atoms with Crippen LogP contribution in [-0.2, 0) is 0 Å². The normalized spacial score (nSPS) is 11.8. The molecule has 0 radical (unpaired) electrons. The summed E-state index contributed by atoms with van der Waals surface area (Å²) < 4.78 is 5.30. The maximum absolute atomic E-state index is 9.23. The monoisotopic (exact) mass is 329 g/mol. The minimum Gasteiger partial charge on any atom is -0.497 e. The molecule has 0 heterocycles. The van der Waals surface area contributed by atoms with Gasteiger partial charge in [-0.05, 0) is 50.0 Å². The van der Waals surface area contributed by atoms with E-state index in [1.54, 1.807) is 19.2 Å². The highest BCUT2D eigenvalue weighted by Gasteiger charge is 2.15. The van der Waals surface area contributed by atoms with E-state index in [1.807, 2.05) is 38.4 Å². The van der Waals surface area contributed by atoms with Crippen molar-refractivity contribution in [3.63, 3.8) is 0 Å². The van der Waals surface area contributed by atoms with E-state index in [0.717, 1.165) is 17.0 Å². The van der Waals surface area contributed by atoms with E-state index in [2.05, 4.69) is 22.4 Å². The van der Waals surface area contributed by atoms with E-state index >= 15 is 0 Å². The van der Waals surface area contributed by atoms with Gasteiger partial charge in [-0.3, -0.25) is 0 Å². The zero-order chi connectivity index (χ0) is 16.8. The van der Waals surface area contributed by atoms with Crippen LogP contribution in [0.1, 0.15) is 17.2 Å². The Morgan fingerprint density at radius 2 is 2.04 bits per heavy atom. The molecule has 0 saturated carbocycles. The highest BCUT2D eigenvalue weighted by Crippen LogP contribution is 2.25. The Labute approximate surface area is 142 Å². The van der Waals surface area contributed by atoms with E-state index in [9.17, 15) is 5.26 Å². The zero-order valence-electron chi connectivity index (χ0n) is 13.5. The molecule has 120 valence electrons. The first kappa shape index (κ1) is 17.1. The Morgan fingerprint density at radius 3 is 2.70 bits per heavy atom. The lowest BCUT2D eigenvalue weighted by Crippen LogP contribution is -2.27. The SMILES string of the molecule is COc1cccc(C(CNc2ccc(Cl)cc2C#N)N(C)C)c1. The number of anilines is 1. The second-order valence-corrected chi connectivity index (χ2v) is 5.88. The minimum absolute atomic E-state index is 0.146. The van der Waals surface area contributed by atoms with Crippen molar-refractivity contribution in [3.05, 3.63) is 58.6 Å². The maximum Gasteiger partial charge on any atom is 0.119 e. The molecular weight excluding hydrogens is 310 g/mol. The van der Waals surface area contributed by atoms with Crippen molar-refractivity contribution in [2.75, 3.05) is 33.1 Å². The van der Waals surface area contributed by atoms with Crippen LogP contribution in [0.15, 0.2) is 42.5 Å². The van der Waals surface area contributed by atoms with Gasteiger partial charge in [-0.2, -0.15) is 5.26 Å². The summed E-state index contributed by atoms with van der Waals surface area (Å²) in [5, 5.41) is 13.1. The van der Waals surface area contributed by atoms with Gasteiger partial charge in [0.15, 0.2) is 0 Å². The van der Waals surface area contributed by atoms with Crippen molar-refractivity contribution in [2.45, 2.75) is 6.04 Å². The standard InChI is InChI=1S/C18H20ClN3O/c1-22(2)18(13-5-4-6-16(10-13)23-3)12-21-17-8-7-15(19)9-14(17)11-20/h4-10,18,21H,12H2,1-3H3. The molecule has 1 N–H and O–H groups in total. The number of hydrogen-bond donors (Lipinski definition) is 1. The molecule has 0 bridgehead atoms. The Hall–Kier alpha value is -2.22. The fourth-order valence-corrected chi connectivity index (χ4v) is 2.59. The van der Waals surface area contributed by atoms with Crippen molar-refractivity contribution in [1.29, 1.82) is 5.26 Å². The van der Waals surface area contributed by atoms with Gasteiger partial charge in [-0.25, -0.2) is 0 Å². The van der Waals surface area contributed by atoms with Gasteiger partial charge >= 0.3 is 0 Å². The number of halogens is 1. The van der Waals surface area contributed by atoms with Crippen molar-refractivity contribution in [3.8, 4) is 11.8 Å². The summed E-state index contributed by atoms with van der Waals surface area (Å²) in [4.78, 5) is 2.13. The summed E-state index contributed by atoms with van der Waals surface area (Å²) in [6.07, 6.45) is 0. The highest BCUT2D eigenvalue weighted by molar-refractivity contribution is 6.30. The van der Waals surface area contributed by atoms with Crippen molar-refractivity contribution in [1.82, 2.24) is 4.90 Å². The van der Waals surface area contributed by atoms with Crippen molar-refractivity contribution in [2.24, 2.45) is 0 Å². The van der Waals surface area contributed by atoms with Gasteiger partial charge in [-0.1, -0.05) is 23.7 Å². The fourth-order valence-electron chi connectivity index (χ4n) is 2.42. The van der Waals surface area contributed by atoms with Gasteiger partial charge in [0.05, 0.1) is 24.4 Å². The number of hydrogen-bond acceptors (Lipinski definition) is 4. The smallest absolute Gasteiger partial charge is 0.119 e. The molecule has 5 heteroatoms. The van der Waals surface area contributed by atoms with E-state index in [1.165, 1.54) is 0 Å². The number of nitrogens with zero attached hydrogens (tertiary/aromatic N) is 2. The Balaban J connectivity index is 2.19. The molecule has 0 spiro atoms. The topological polar surface area (TPSA) is 48.3 Å². The predicted molar refractivity (Wildman–Crippen MR) is 94.1 cm³/mol. The lowest BCUT2D eigenvalue weighted by atomic mass is 10.1. The summed E-state index contributed by atoms with van der Waals surface area (Å²) >= 11 is 5.94. The van der Waals surface area contributed by atoms with Crippen LogP contribution in [0.2, 0.25) is 5.02 Å². The molecule has 2 aromatic carbocycles. The van der Waals surface area contributed by atoms with Gasteiger partial charge in [0.1, 0.15) is 11.8 Å². The van der Waals surface area contributed by atoms with Crippen LogP contribution in [0.4, 0.5) is 5.69 Å². The van der Waals surface area contributed by atoms with Crippen molar-refractivity contribution < 1.29 is 4.74 Å². The molecule has 2 rings (SSSR count). The molecule has 0 amide bonds. The first-order chi connectivity index (χ1) is 11.0. The lowest BCUT2D eigenvalue weighted by molar-refractivity contribution is 0.310. The van der Waals surface area contributed by atoms with Crippen LogP contribution in [0.3, 0.4) is 0 Å². The van der Waals surface area contributed by atoms with Gasteiger partial charge in [0, 0.05) is 11.6 Å². The third-order valence-electron chi connectivity index (χ3n) is 3.69. The lowest BCUT2D eigenvalue weighted by Gasteiger charge is -2.26. The molecule has 0 aliphatic rings. The van der Waals surface area contributed by atoms with Gasteiger partial charge < -0.3 is 15.0 Å². The maximum atomic E-state index is 9.23. The molecule has 23 heavy (non-hydrogen) atoms. The first-order valence-corrected chi connectivity index (χ1v) is 7.67. The van der Waals surface area contributed by atoms with Crippen LogP contribution in [0.5, 0.6) is 5.75 Å². The van der Waals surface area contributed by atoms with Gasteiger partial charge in [0.2, 0.25) is 0 Å². The van der Waals surface area contributed by atoms with Gasteiger partial charge in [-0.15, -0.1) is 0 Å². The van der Waals surface area contributed by atoms with Gasteiger partial charge in [0.25, 0.3) is 0 Å². The number of nitriles is 1. The number of likely N-dealkylation sites (N-methyl/N-ethyl adjacent to an activating group) is 1. The van der Waals surface area contributed by atoms with E-state index in [0.29, 0.717) is 17.1 Å². The van der Waals surface area contributed by atoms with Crippen LogP contribution in [-0.4, -0.2) is 32.6 Å². The molecule has 1 unspecified atom stereocenters. The van der Waals surface area contributed by atoms with Crippen LogP contribution in [0.25, 0.3) is 0 Å². The summed E-state index contributed by atoms with van der Waals surface area (Å²) in [5.41, 5.74) is 2.47. The molecule has 0 aliphatic heterocycles. The van der Waals surface area contributed by atoms with Crippen molar-refractivity contribution >= 4 is 17.3 Å². The fraction of sp³-hybridized carbons (Fsp3) is 0.278. The molecule has 0 saturated heterocycles. The Kier molecular flexibility index (Phi) is 5.86. The second kappa shape index (κ2) is 7.87. The Morgan fingerprint density at radius 1 is 1.26 bits per heavy atom. The average Bonchev–Trinajstić information content (AvgIpc) is 2.56. The van der Waals surface area contributed by atoms with Crippen LogP contribution < -0.4 is 10.1 Å². The molecule has 2 aromatic rings. The van der Waals surface area contributed by atoms with E-state index in [4.69, 9.17) is 16.3 Å². The number of ether oxygens (including phenoxy) is 1. The molecule has 0 aliphatic carbocycles. The number of benzene rings is 2. The molecule has 0 aromatic heterocycles. The largest absolute Gasteiger partial charge is 0.497 e. The third kappa shape index (κ3) is 4.38. The summed E-state index contributed by atoms with van der Waals surface area (Å²) in [6, 6.07) is 15.6. The molecular formula is C18H20ClN3O. The quantitative estimate of drug-likeness (QED) is 0.872. The van der Waals surface area contributed by atoms with E-state index < -0.39 is 0 Å². The molecule has 0 fully saturated rings. The zero-order valence-corrected chi connectivity index (χ0v) is 14.3. The first-order valence-electron chi connectivity index (χ1n) is 7.29. The summed E-state index contributed by atoms with van der Waals surface area (Å²) in [5.74, 6) is 0.832. The molecule has 4 nitrogen and oxygen atoms in total. The van der Waals surface area contributed by atoms with Crippen LogP contribution >= 0.6 is 11.6 Å². The number of rotatable bonds is 6. The molecule has 1 atom stereocenters. The summed E-state index contributed by atoms with van der Waals surface area (Å²) in [6.45, 7) is 0.663. The van der Waals surface area contributed by atoms with E-state index in [-0.39, 0.29) is 6.04 Å². The second-order valence-electron chi connectivity index (χ2n) is 5.44. The van der Waals surface area contributed by atoms with Crippen LogP contribution in [0, 0.1) is 11.3 Å². The minimum atomic E-state index is 0.146. The number of methoxy groups -OCH3 is 1. The summed E-state index contributed by atoms with van der Waals surface area (Å²) in [7, 11) is 5.71. The predicted octanol–water partition coefficient (Wildman–Crippen LogP) is 3.94. The number of nitrogens with one attached hydrogen (secondary N) is 1. The third-order valence-corrected chi connectivity index (χ3v) is 3.92. The Bertz CT molecular complexity index is 710. The highest BCUT2D eigenvalue weighted by atomic mass is 35.5.